The number of fused-ring (bicyclic) bond motifs is 1. The predicted octanol–water partition coefficient (Wildman–Crippen LogP) is 1.82. The molecule has 2 heterocycles. The smallest absolute Gasteiger partial charge is 0.395 e. The Balaban J connectivity index is 1.78. The normalized spacial score (nSPS) is 21.6. The number of hydrogen-bond acceptors (Lipinski definition) is 4. The lowest BCUT2D eigenvalue weighted by atomic mass is 10.2. The number of hydrogen-bond donors (Lipinski definition) is 1. The third-order valence-electron chi connectivity index (χ3n) is 2.41. The average Bonchev–Trinajstić information content (AvgIpc) is 2.44. The first-order valence-electron chi connectivity index (χ1n) is 4.87. The second-order valence-corrected chi connectivity index (χ2v) is 3.71. The molecule has 0 bridgehead atoms. The maximum absolute atomic E-state index is 12.7. The van der Waals surface area contributed by atoms with Gasteiger partial charge in [0.15, 0.2) is 11.5 Å². The first kappa shape index (κ1) is 9.65. The average molecular weight is 229 g/mol. The van der Waals surface area contributed by atoms with Crippen LogP contribution >= 0.6 is 0 Å². The zero-order valence-electron chi connectivity index (χ0n) is 8.20. The van der Waals surface area contributed by atoms with E-state index < -0.39 is 6.29 Å². The van der Waals surface area contributed by atoms with Gasteiger partial charge in [-0.2, -0.15) is 0 Å². The summed E-state index contributed by atoms with van der Waals surface area (Å²) in [5, 5.41) is 3.13. The third kappa shape index (κ3) is 1.65. The molecule has 0 amide bonds. The molecule has 0 spiro atoms. The number of ether oxygens (including phenoxy) is 3. The van der Waals surface area contributed by atoms with Crippen LogP contribution in [0, 0.1) is 0 Å². The molecule has 4 nitrogen and oxygen atoms in total. The van der Waals surface area contributed by atoms with Crippen molar-refractivity contribution in [1.29, 1.82) is 0 Å². The SMILES string of the molecule is FC1(F)Oc2ccc(NC3COC3)cc2O1. The minimum Gasteiger partial charge on any atom is -0.395 e. The van der Waals surface area contributed by atoms with Crippen molar-refractivity contribution < 1.29 is 23.0 Å². The standard InChI is InChI=1S/C10H9F2NO3/c11-10(12)15-8-2-1-6(3-9(8)16-10)13-7-4-14-5-7/h1-3,7,13H,4-5H2. The van der Waals surface area contributed by atoms with E-state index in [1.807, 2.05) is 0 Å². The maximum atomic E-state index is 12.7. The zero-order chi connectivity index (χ0) is 11.2. The molecule has 1 N–H and O–H groups in total. The van der Waals surface area contributed by atoms with Crippen LogP contribution in [-0.2, 0) is 4.74 Å². The number of alkyl halides is 2. The van der Waals surface area contributed by atoms with Crippen molar-refractivity contribution in [2.24, 2.45) is 0 Å². The van der Waals surface area contributed by atoms with E-state index in [0.29, 0.717) is 18.9 Å². The second-order valence-electron chi connectivity index (χ2n) is 3.71. The molecule has 16 heavy (non-hydrogen) atoms. The summed E-state index contributed by atoms with van der Waals surface area (Å²) in [6, 6.07) is 4.86. The minimum atomic E-state index is -3.56. The molecule has 0 atom stereocenters. The summed E-state index contributed by atoms with van der Waals surface area (Å²) in [6.07, 6.45) is -3.56. The molecule has 1 aromatic carbocycles. The molecule has 0 radical (unpaired) electrons. The summed E-state index contributed by atoms with van der Waals surface area (Å²) in [5.74, 6) is 0.107. The summed E-state index contributed by atoms with van der Waals surface area (Å²) in [4.78, 5) is 0. The van der Waals surface area contributed by atoms with Crippen LogP contribution in [0.15, 0.2) is 18.2 Å². The number of halogens is 2. The van der Waals surface area contributed by atoms with Crippen LogP contribution < -0.4 is 14.8 Å². The van der Waals surface area contributed by atoms with E-state index in [9.17, 15) is 8.78 Å². The molecule has 1 saturated heterocycles. The molecule has 0 aliphatic carbocycles. The Labute approximate surface area is 90.1 Å². The molecule has 86 valence electrons. The van der Waals surface area contributed by atoms with Crippen molar-refractivity contribution in [2.45, 2.75) is 12.3 Å². The van der Waals surface area contributed by atoms with Gasteiger partial charge < -0.3 is 19.5 Å². The Kier molecular flexibility index (Phi) is 1.94. The molecule has 0 saturated carbocycles. The summed E-state index contributed by atoms with van der Waals surface area (Å²) in [7, 11) is 0. The number of benzene rings is 1. The van der Waals surface area contributed by atoms with Crippen LogP contribution in [0.5, 0.6) is 11.5 Å². The summed E-state index contributed by atoms with van der Waals surface area (Å²) in [6.45, 7) is 1.26. The van der Waals surface area contributed by atoms with Gasteiger partial charge in [-0.3, -0.25) is 0 Å². The van der Waals surface area contributed by atoms with Crippen LogP contribution in [0.1, 0.15) is 0 Å². The van der Waals surface area contributed by atoms with Gasteiger partial charge in [-0.1, -0.05) is 0 Å². The van der Waals surface area contributed by atoms with Gasteiger partial charge in [0, 0.05) is 11.8 Å². The van der Waals surface area contributed by atoms with Gasteiger partial charge in [-0.05, 0) is 12.1 Å². The Morgan fingerprint density at radius 2 is 1.94 bits per heavy atom. The fraction of sp³-hybridized carbons (Fsp3) is 0.400. The largest absolute Gasteiger partial charge is 0.586 e. The van der Waals surface area contributed by atoms with Crippen molar-refractivity contribution in [3.63, 3.8) is 0 Å². The highest BCUT2D eigenvalue weighted by atomic mass is 19.3. The third-order valence-corrected chi connectivity index (χ3v) is 2.41. The summed E-state index contributed by atoms with van der Waals surface area (Å²) >= 11 is 0. The van der Waals surface area contributed by atoms with Gasteiger partial charge >= 0.3 is 6.29 Å². The van der Waals surface area contributed by atoms with Crippen LogP contribution in [0.4, 0.5) is 14.5 Å². The number of rotatable bonds is 2. The van der Waals surface area contributed by atoms with Crippen molar-refractivity contribution in [1.82, 2.24) is 0 Å². The quantitative estimate of drug-likeness (QED) is 0.839. The highest BCUT2D eigenvalue weighted by Crippen LogP contribution is 2.42. The van der Waals surface area contributed by atoms with Crippen molar-refractivity contribution in [3.05, 3.63) is 18.2 Å². The van der Waals surface area contributed by atoms with E-state index in [-0.39, 0.29) is 17.5 Å². The molecule has 2 aliphatic heterocycles. The van der Waals surface area contributed by atoms with Gasteiger partial charge in [0.05, 0.1) is 19.3 Å². The van der Waals surface area contributed by atoms with Crippen molar-refractivity contribution >= 4 is 5.69 Å². The highest BCUT2D eigenvalue weighted by Gasteiger charge is 2.43. The van der Waals surface area contributed by atoms with E-state index in [0.717, 1.165) is 0 Å². The highest BCUT2D eigenvalue weighted by molar-refractivity contribution is 5.56. The molecule has 1 aromatic rings. The van der Waals surface area contributed by atoms with Gasteiger partial charge in [-0.15, -0.1) is 8.78 Å². The van der Waals surface area contributed by atoms with Gasteiger partial charge in [0.25, 0.3) is 0 Å². The first-order valence-corrected chi connectivity index (χ1v) is 4.87. The molecule has 6 heteroatoms. The number of anilines is 1. The number of nitrogens with one attached hydrogen (secondary N) is 1. The Bertz CT molecular complexity index is 421. The fourth-order valence-electron chi connectivity index (χ4n) is 1.59. The molecule has 0 aromatic heterocycles. The summed E-state index contributed by atoms with van der Waals surface area (Å²) in [5.41, 5.74) is 0.716. The van der Waals surface area contributed by atoms with Crippen molar-refractivity contribution in [3.8, 4) is 11.5 Å². The molecule has 0 unspecified atom stereocenters. The van der Waals surface area contributed by atoms with Crippen LogP contribution in [0.25, 0.3) is 0 Å². The van der Waals surface area contributed by atoms with Gasteiger partial charge in [-0.25, -0.2) is 0 Å². The monoisotopic (exact) mass is 229 g/mol. The first-order chi connectivity index (χ1) is 7.62. The fourth-order valence-corrected chi connectivity index (χ4v) is 1.59. The molecule has 2 aliphatic rings. The maximum Gasteiger partial charge on any atom is 0.586 e. The predicted molar refractivity (Wildman–Crippen MR) is 50.9 cm³/mol. The van der Waals surface area contributed by atoms with Crippen molar-refractivity contribution in [2.75, 3.05) is 18.5 Å². The van der Waals surface area contributed by atoms with Crippen LogP contribution in [-0.4, -0.2) is 25.6 Å². The Hall–Kier alpha value is -1.56. The van der Waals surface area contributed by atoms with E-state index >= 15 is 0 Å². The molecule has 1 fully saturated rings. The Morgan fingerprint density at radius 1 is 1.19 bits per heavy atom. The lowest BCUT2D eigenvalue weighted by Gasteiger charge is -2.27. The molecule has 3 rings (SSSR count). The lowest BCUT2D eigenvalue weighted by molar-refractivity contribution is -0.286. The van der Waals surface area contributed by atoms with Gasteiger partial charge in [0.1, 0.15) is 0 Å². The van der Waals surface area contributed by atoms with E-state index in [1.54, 1.807) is 6.07 Å². The lowest BCUT2D eigenvalue weighted by Crippen LogP contribution is -2.40. The van der Waals surface area contributed by atoms with Crippen LogP contribution in [0.3, 0.4) is 0 Å². The van der Waals surface area contributed by atoms with Gasteiger partial charge in [0.2, 0.25) is 0 Å². The van der Waals surface area contributed by atoms with E-state index in [1.165, 1.54) is 12.1 Å². The summed E-state index contributed by atoms with van der Waals surface area (Å²) < 4.78 is 39.1. The molecular formula is C10H9F2NO3. The van der Waals surface area contributed by atoms with E-state index in [4.69, 9.17) is 4.74 Å². The Morgan fingerprint density at radius 3 is 2.62 bits per heavy atom. The second kappa shape index (κ2) is 3.21. The zero-order valence-corrected chi connectivity index (χ0v) is 8.20. The topological polar surface area (TPSA) is 39.7 Å². The molecular weight excluding hydrogens is 220 g/mol. The minimum absolute atomic E-state index is 0.0511. The van der Waals surface area contributed by atoms with Crippen LogP contribution in [0.2, 0.25) is 0 Å². The van der Waals surface area contributed by atoms with E-state index in [2.05, 4.69) is 14.8 Å².